The molecule has 0 saturated carbocycles. The molecule has 0 aliphatic heterocycles. The van der Waals surface area contributed by atoms with Gasteiger partial charge in [0.1, 0.15) is 0 Å². The van der Waals surface area contributed by atoms with Gasteiger partial charge in [-0.25, -0.2) is 0 Å². The zero-order valence-corrected chi connectivity index (χ0v) is 10.9. The molecule has 2 atom stereocenters. The number of halogens is 3. The summed E-state index contributed by atoms with van der Waals surface area (Å²) in [4.78, 5) is 3.98. The predicted octanol–water partition coefficient (Wildman–Crippen LogP) is 2.62. The van der Waals surface area contributed by atoms with Crippen molar-refractivity contribution < 1.29 is 13.2 Å². The number of hydrogen-bond acceptors (Lipinski definition) is 3. The van der Waals surface area contributed by atoms with Crippen molar-refractivity contribution in [3.05, 3.63) is 48.0 Å². The van der Waals surface area contributed by atoms with Crippen molar-refractivity contribution in [2.75, 3.05) is 0 Å². The summed E-state index contributed by atoms with van der Waals surface area (Å²) in [5.74, 6) is 0. The van der Waals surface area contributed by atoms with Crippen molar-refractivity contribution in [1.29, 1.82) is 0 Å². The number of hydrogen-bond donors (Lipinski definition) is 1. The normalized spacial score (nSPS) is 15.1. The van der Waals surface area contributed by atoms with Crippen LogP contribution in [0.5, 0.6) is 0 Å². The molecule has 0 bridgehead atoms. The number of aromatic nitrogens is 3. The summed E-state index contributed by atoms with van der Waals surface area (Å²) in [6, 6.07) is 2.69. The lowest BCUT2D eigenvalue weighted by atomic mass is 10.00. The van der Waals surface area contributed by atoms with Crippen LogP contribution in [0, 0.1) is 0 Å². The third kappa shape index (κ3) is 2.98. The van der Waals surface area contributed by atoms with E-state index in [1.807, 2.05) is 6.92 Å². The highest BCUT2D eigenvalue weighted by Gasteiger charge is 2.33. The molecule has 0 fully saturated rings. The molecule has 2 heterocycles. The maximum atomic E-state index is 12.7. The fourth-order valence-electron chi connectivity index (χ4n) is 2.01. The first-order chi connectivity index (χ1) is 9.43. The van der Waals surface area contributed by atoms with Crippen LogP contribution in [0.4, 0.5) is 13.2 Å². The molecular weight excluding hydrogens is 269 g/mol. The number of nitrogens with zero attached hydrogens (tertiary/aromatic N) is 3. The first-order valence-electron chi connectivity index (χ1n) is 6.20. The Morgan fingerprint density at radius 2 is 2.10 bits per heavy atom. The Morgan fingerprint density at radius 1 is 1.35 bits per heavy atom. The van der Waals surface area contributed by atoms with E-state index >= 15 is 0 Å². The van der Waals surface area contributed by atoms with Gasteiger partial charge in [-0.3, -0.25) is 9.67 Å². The lowest BCUT2D eigenvalue weighted by Crippen LogP contribution is -2.33. The van der Waals surface area contributed by atoms with E-state index in [4.69, 9.17) is 5.73 Å². The molecule has 4 nitrogen and oxygen atoms in total. The van der Waals surface area contributed by atoms with Gasteiger partial charge >= 0.3 is 6.18 Å². The second-order valence-corrected chi connectivity index (χ2v) is 4.51. The van der Waals surface area contributed by atoms with Gasteiger partial charge < -0.3 is 5.73 Å². The van der Waals surface area contributed by atoms with Crippen LogP contribution < -0.4 is 5.73 Å². The van der Waals surface area contributed by atoms with Gasteiger partial charge in [0.15, 0.2) is 0 Å². The van der Waals surface area contributed by atoms with Crippen molar-refractivity contribution >= 4 is 0 Å². The van der Waals surface area contributed by atoms with Gasteiger partial charge in [-0.2, -0.15) is 18.3 Å². The summed E-state index contributed by atoms with van der Waals surface area (Å²) in [6.45, 7) is 1.88. The molecule has 0 aliphatic carbocycles. The molecule has 0 radical (unpaired) electrons. The number of nitrogens with two attached hydrogens (primary N) is 1. The second kappa shape index (κ2) is 5.62. The molecule has 0 aliphatic rings. The van der Waals surface area contributed by atoms with Crippen molar-refractivity contribution in [3.63, 3.8) is 0 Å². The molecule has 2 rings (SSSR count). The zero-order valence-electron chi connectivity index (χ0n) is 10.9. The minimum atomic E-state index is -4.41. The summed E-state index contributed by atoms with van der Waals surface area (Å²) in [5, 5.41) is 3.82. The first kappa shape index (κ1) is 14.5. The lowest BCUT2D eigenvalue weighted by molar-refractivity contribution is -0.137. The number of pyridine rings is 1. The van der Waals surface area contributed by atoms with Crippen LogP contribution in [-0.4, -0.2) is 20.8 Å². The van der Waals surface area contributed by atoms with Gasteiger partial charge in [0.25, 0.3) is 0 Å². The van der Waals surface area contributed by atoms with E-state index in [0.29, 0.717) is 6.42 Å². The van der Waals surface area contributed by atoms with Gasteiger partial charge in [0.2, 0.25) is 0 Å². The van der Waals surface area contributed by atoms with Crippen molar-refractivity contribution in [1.82, 2.24) is 14.8 Å². The summed E-state index contributed by atoms with van der Waals surface area (Å²) >= 11 is 0. The minimum absolute atomic E-state index is 0.347. The minimum Gasteiger partial charge on any atom is -0.326 e. The third-order valence-electron chi connectivity index (χ3n) is 3.12. The summed E-state index contributed by atoms with van der Waals surface area (Å²) < 4.78 is 39.2. The van der Waals surface area contributed by atoms with Crippen LogP contribution >= 0.6 is 0 Å². The summed E-state index contributed by atoms with van der Waals surface area (Å²) in [7, 11) is 0. The van der Waals surface area contributed by atoms with E-state index < -0.39 is 17.8 Å². The Labute approximate surface area is 114 Å². The highest BCUT2D eigenvalue weighted by molar-refractivity contribution is 5.19. The van der Waals surface area contributed by atoms with Crippen LogP contribution in [-0.2, 0) is 6.18 Å². The van der Waals surface area contributed by atoms with Gasteiger partial charge in [-0.15, -0.1) is 0 Å². The molecule has 108 valence electrons. The van der Waals surface area contributed by atoms with Gasteiger partial charge in [-0.05, 0) is 18.1 Å². The van der Waals surface area contributed by atoms with Crippen LogP contribution in [0.3, 0.4) is 0 Å². The summed E-state index contributed by atoms with van der Waals surface area (Å²) in [5.41, 5.74) is 5.98. The molecule has 0 saturated heterocycles. The topological polar surface area (TPSA) is 56.7 Å². The van der Waals surface area contributed by atoms with Gasteiger partial charge in [-0.1, -0.05) is 13.0 Å². The van der Waals surface area contributed by atoms with Crippen LogP contribution in [0.15, 0.2) is 36.9 Å². The Bertz CT molecular complexity index is 550. The smallest absolute Gasteiger partial charge is 0.326 e. The van der Waals surface area contributed by atoms with Gasteiger partial charge in [0, 0.05) is 24.6 Å². The number of alkyl halides is 3. The second-order valence-electron chi connectivity index (χ2n) is 4.51. The fourth-order valence-corrected chi connectivity index (χ4v) is 2.01. The Morgan fingerprint density at radius 3 is 2.60 bits per heavy atom. The maximum absolute atomic E-state index is 12.7. The molecule has 2 N–H and O–H groups in total. The highest BCUT2D eigenvalue weighted by Crippen LogP contribution is 2.30. The van der Waals surface area contributed by atoms with Crippen LogP contribution in [0.2, 0.25) is 0 Å². The molecule has 0 spiro atoms. The highest BCUT2D eigenvalue weighted by atomic mass is 19.4. The monoisotopic (exact) mass is 284 g/mol. The van der Waals surface area contributed by atoms with Crippen molar-refractivity contribution in [2.24, 2.45) is 5.73 Å². The molecular formula is C13H15F3N4. The summed E-state index contributed by atoms with van der Waals surface area (Å²) in [6.07, 6.45) is 1.19. The molecule has 7 heteroatoms. The Balaban J connectivity index is 2.40. The fraction of sp³-hybridized carbons (Fsp3) is 0.385. The zero-order chi connectivity index (χ0) is 14.8. The van der Waals surface area contributed by atoms with Gasteiger partial charge in [0.05, 0.1) is 17.8 Å². The van der Waals surface area contributed by atoms with E-state index in [0.717, 1.165) is 18.0 Å². The molecule has 0 amide bonds. The average molecular weight is 284 g/mol. The molecule has 2 unspecified atom stereocenters. The van der Waals surface area contributed by atoms with Crippen LogP contribution in [0.25, 0.3) is 0 Å². The van der Waals surface area contributed by atoms with E-state index in [9.17, 15) is 13.2 Å². The number of rotatable bonds is 4. The average Bonchev–Trinajstić information content (AvgIpc) is 2.89. The predicted molar refractivity (Wildman–Crippen MR) is 67.9 cm³/mol. The Hall–Kier alpha value is -1.89. The SMILES string of the molecule is CCC(N)C(c1cccnc1)n1cc(C(F)(F)F)cn1. The molecule has 20 heavy (non-hydrogen) atoms. The largest absolute Gasteiger partial charge is 0.419 e. The Kier molecular flexibility index (Phi) is 4.08. The third-order valence-corrected chi connectivity index (χ3v) is 3.12. The molecule has 2 aromatic heterocycles. The standard InChI is InChI=1S/C13H15F3N4/c1-2-11(17)12(9-4-3-5-18-6-9)20-8-10(7-19-20)13(14,15)16/h3-8,11-12H,2,17H2,1H3. The van der Waals surface area contributed by atoms with E-state index in [1.165, 1.54) is 4.68 Å². The van der Waals surface area contributed by atoms with Crippen molar-refractivity contribution in [2.45, 2.75) is 31.6 Å². The maximum Gasteiger partial charge on any atom is 0.419 e. The lowest BCUT2D eigenvalue weighted by Gasteiger charge is -2.23. The van der Waals surface area contributed by atoms with Crippen molar-refractivity contribution in [3.8, 4) is 0 Å². The van der Waals surface area contributed by atoms with E-state index in [-0.39, 0.29) is 6.04 Å². The molecule has 0 aromatic carbocycles. The van der Waals surface area contributed by atoms with Crippen LogP contribution in [0.1, 0.15) is 30.5 Å². The first-order valence-corrected chi connectivity index (χ1v) is 6.20. The van der Waals surface area contributed by atoms with E-state index in [1.54, 1.807) is 24.5 Å². The van der Waals surface area contributed by atoms with E-state index in [2.05, 4.69) is 10.1 Å². The molecule has 2 aromatic rings. The quantitative estimate of drug-likeness (QED) is 0.939.